The maximum absolute atomic E-state index is 11.8. The van der Waals surface area contributed by atoms with Gasteiger partial charge >= 0.3 is 0 Å². The summed E-state index contributed by atoms with van der Waals surface area (Å²) in [6.45, 7) is 4.84. The summed E-state index contributed by atoms with van der Waals surface area (Å²) >= 11 is 0. The molecule has 0 aliphatic carbocycles. The Kier molecular flexibility index (Phi) is 7.71. The third-order valence-electron chi connectivity index (χ3n) is 2.84. The summed E-state index contributed by atoms with van der Waals surface area (Å²) in [5, 5.41) is 2.79. The van der Waals surface area contributed by atoms with Gasteiger partial charge in [-0.15, -0.1) is 0 Å². The van der Waals surface area contributed by atoms with Crippen molar-refractivity contribution in [2.24, 2.45) is 5.73 Å². The normalized spacial score (nSPS) is 13.5. The van der Waals surface area contributed by atoms with Crippen molar-refractivity contribution < 1.29 is 14.3 Å². The lowest BCUT2D eigenvalue weighted by molar-refractivity contribution is -0.127. The first-order valence-corrected chi connectivity index (χ1v) is 7.16. The molecule has 118 valence electrons. The van der Waals surface area contributed by atoms with Crippen molar-refractivity contribution in [1.29, 1.82) is 0 Å². The van der Waals surface area contributed by atoms with Gasteiger partial charge in [0.15, 0.2) is 6.10 Å². The van der Waals surface area contributed by atoms with Gasteiger partial charge in [0.25, 0.3) is 5.91 Å². The Hall–Kier alpha value is -1.66. The molecular weight excluding hydrogens is 270 g/mol. The highest BCUT2D eigenvalue weighted by Crippen LogP contribution is 2.12. The molecule has 1 heterocycles. The van der Waals surface area contributed by atoms with Gasteiger partial charge in [-0.05, 0) is 32.4 Å². The molecule has 0 aromatic carbocycles. The predicted molar refractivity (Wildman–Crippen MR) is 81.2 cm³/mol. The molecular formula is C15H25N3O3. The van der Waals surface area contributed by atoms with Gasteiger partial charge in [-0.1, -0.05) is 0 Å². The molecule has 1 aromatic heterocycles. The van der Waals surface area contributed by atoms with E-state index in [0.29, 0.717) is 18.9 Å². The third kappa shape index (κ3) is 7.06. The Morgan fingerprint density at radius 2 is 2.19 bits per heavy atom. The van der Waals surface area contributed by atoms with Gasteiger partial charge in [-0.3, -0.25) is 9.78 Å². The number of nitrogens with one attached hydrogen (secondary N) is 1. The SMILES string of the molecule is COCCCNC(=O)C(C)Oc1ccc(CC(C)N)nc1. The second-order valence-electron chi connectivity index (χ2n) is 5.06. The van der Waals surface area contributed by atoms with Crippen LogP contribution in [0.1, 0.15) is 26.0 Å². The molecule has 2 atom stereocenters. The van der Waals surface area contributed by atoms with Crippen LogP contribution < -0.4 is 15.8 Å². The summed E-state index contributed by atoms with van der Waals surface area (Å²) in [5.41, 5.74) is 6.63. The van der Waals surface area contributed by atoms with Crippen molar-refractivity contribution >= 4 is 5.91 Å². The average molecular weight is 295 g/mol. The average Bonchev–Trinajstić information content (AvgIpc) is 2.45. The summed E-state index contributed by atoms with van der Waals surface area (Å²) in [6.07, 6.45) is 2.55. The first kappa shape index (κ1) is 17.4. The molecule has 0 spiro atoms. The fraction of sp³-hybridized carbons (Fsp3) is 0.600. The topological polar surface area (TPSA) is 86.5 Å². The molecule has 0 aliphatic heterocycles. The van der Waals surface area contributed by atoms with Crippen LogP contribution in [0.4, 0.5) is 0 Å². The summed E-state index contributed by atoms with van der Waals surface area (Å²) in [4.78, 5) is 16.1. The van der Waals surface area contributed by atoms with E-state index in [4.69, 9.17) is 15.2 Å². The molecule has 2 unspecified atom stereocenters. The molecule has 0 fully saturated rings. The number of hydrogen-bond acceptors (Lipinski definition) is 5. The molecule has 1 amide bonds. The number of carbonyl (C=O) groups excluding carboxylic acids is 1. The molecule has 0 bridgehead atoms. The monoisotopic (exact) mass is 295 g/mol. The minimum atomic E-state index is -0.561. The number of amides is 1. The number of pyridine rings is 1. The van der Waals surface area contributed by atoms with E-state index in [1.165, 1.54) is 0 Å². The van der Waals surface area contributed by atoms with Crippen LogP contribution in [0.15, 0.2) is 18.3 Å². The van der Waals surface area contributed by atoms with Crippen LogP contribution in [0.3, 0.4) is 0 Å². The highest BCUT2D eigenvalue weighted by Gasteiger charge is 2.14. The van der Waals surface area contributed by atoms with Crippen molar-refractivity contribution in [1.82, 2.24) is 10.3 Å². The van der Waals surface area contributed by atoms with Crippen LogP contribution in [0.5, 0.6) is 5.75 Å². The number of rotatable bonds is 9. The smallest absolute Gasteiger partial charge is 0.260 e. The molecule has 6 nitrogen and oxygen atoms in total. The molecule has 0 saturated carbocycles. The Balaban J connectivity index is 2.39. The van der Waals surface area contributed by atoms with E-state index in [1.807, 2.05) is 13.0 Å². The minimum absolute atomic E-state index is 0.0704. The van der Waals surface area contributed by atoms with Crippen LogP contribution in [0, 0.1) is 0 Å². The molecule has 1 rings (SSSR count). The fourth-order valence-corrected chi connectivity index (χ4v) is 1.76. The zero-order chi connectivity index (χ0) is 15.7. The number of hydrogen-bond donors (Lipinski definition) is 2. The van der Waals surface area contributed by atoms with Gasteiger partial charge in [0.05, 0.1) is 6.20 Å². The van der Waals surface area contributed by atoms with E-state index in [1.54, 1.807) is 26.3 Å². The lowest BCUT2D eigenvalue weighted by atomic mass is 10.2. The third-order valence-corrected chi connectivity index (χ3v) is 2.84. The van der Waals surface area contributed by atoms with Crippen LogP contribution in [-0.2, 0) is 16.0 Å². The zero-order valence-corrected chi connectivity index (χ0v) is 13.0. The quantitative estimate of drug-likeness (QED) is 0.661. The molecule has 0 aliphatic rings. The van der Waals surface area contributed by atoms with Crippen molar-refractivity contribution in [3.05, 3.63) is 24.0 Å². The summed E-state index contributed by atoms with van der Waals surface area (Å²) < 4.78 is 10.5. The fourth-order valence-electron chi connectivity index (χ4n) is 1.76. The van der Waals surface area contributed by atoms with Gasteiger partial charge in [-0.25, -0.2) is 0 Å². The number of methoxy groups -OCH3 is 1. The second-order valence-corrected chi connectivity index (χ2v) is 5.06. The Morgan fingerprint density at radius 3 is 2.76 bits per heavy atom. The van der Waals surface area contributed by atoms with E-state index < -0.39 is 6.10 Å². The van der Waals surface area contributed by atoms with Crippen LogP contribution >= 0.6 is 0 Å². The lowest BCUT2D eigenvalue weighted by Gasteiger charge is -2.14. The van der Waals surface area contributed by atoms with E-state index in [2.05, 4.69) is 10.3 Å². The summed E-state index contributed by atoms with van der Waals surface area (Å²) in [7, 11) is 1.63. The minimum Gasteiger partial charge on any atom is -0.479 e. The zero-order valence-electron chi connectivity index (χ0n) is 13.0. The van der Waals surface area contributed by atoms with E-state index in [9.17, 15) is 4.79 Å². The first-order valence-electron chi connectivity index (χ1n) is 7.16. The summed E-state index contributed by atoms with van der Waals surface area (Å²) in [5.74, 6) is 0.425. The van der Waals surface area contributed by atoms with Crippen molar-refractivity contribution in [2.75, 3.05) is 20.3 Å². The number of aromatic nitrogens is 1. The Morgan fingerprint density at radius 1 is 1.43 bits per heavy atom. The van der Waals surface area contributed by atoms with Gasteiger partial charge in [0, 0.05) is 38.4 Å². The Bertz CT molecular complexity index is 421. The first-order chi connectivity index (χ1) is 10.0. The number of nitrogens with zero attached hydrogens (tertiary/aromatic N) is 1. The number of carbonyl (C=O) groups is 1. The van der Waals surface area contributed by atoms with Crippen molar-refractivity contribution in [3.63, 3.8) is 0 Å². The lowest BCUT2D eigenvalue weighted by Crippen LogP contribution is -2.37. The maximum atomic E-state index is 11.8. The molecule has 3 N–H and O–H groups in total. The van der Waals surface area contributed by atoms with Gasteiger partial charge in [0.1, 0.15) is 5.75 Å². The van der Waals surface area contributed by atoms with Crippen molar-refractivity contribution in [3.8, 4) is 5.75 Å². The van der Waals surface area contributed by atoms with E-state index in [0.717, 1.165) is 18.5 Å². The van der Waals surface area contributed by atoms with Gasteiger partial charge in [0.2, 0.25) is 0 Å². The summed E-state index contributed by atoms with van der Waals surface area (Å²) in [6, 6.07) is 3.74. The van der Waals surface area contributed by atoms with Gasteiger partial charge in [-0.2, -0.15) is 0 Å². The predicted octanol–water partition coefficient (Wildman–Crippen LogP) is 0.891. The highest BCUT2D eigenvalue weighted by atomic mass is 16.5. The van der Waals surface area contributed by atoms with Crippen LogP contribution in [-0.4, -0.2) is 43.3 Å². The van der Waals surface area contributed by atoms with E-state index >= 15 is 0 Å². The molecule has 0 saturated heterocycles. The number of nitrogens with two attached hydrogens (primary N) is 1. The number of ether oxygens (including phenoxy) is 2. The van der Waals surface area contributed by atoms with Crippen LogP contribution in [0.25, 0.3) is 0 Å². The van der Waals surface area contributed by atoms with Gasteiger partial charge < -0.3 is 20.5 Å². The van der Waals surface area contributed by atoms with Crippen LogP contribution in [0.2, 0.25) is 0 Å². The molecule has 6 heteroatoms. The maximum Gasteiger partial charge on any atom is 0.260 e. The Labute approximate surface area is 126 Å². The largest absolute Gasteiger partial charge is 0.479 e. The standard InChI is InChI=1S/C15H25N3O3/c1-11(16)9-13-5-6-14(10-18-13)21-12(2)15(19)17-7-4-8-20-3/h5-6,10-12H,4,7-9,16H2,1-3H3,(H,17,19). The molecule has 21 heavy (non-hydrogen) atoms. The second kappa shape index (κ2) is 9.31. The van der Waals surface area contributed by atoms with Crippen molar-refractivity contribution in [2.45, 2.75) is 38.8 Å². The highest BCUT2D eigenvalue weighted by molar-refractivity contribution is 5.80. The molecule has 1 aromatic rings. The van der Waals surface area contributed by atoms with E-state index in [-0.39, 0.29) is 11.9 Å². The molecule has 0 radical (unpaired) electrons.